The van der Waals surface area contributed by atoms with E-state index < -0.39 is 38.1 Å². The quantitative estimate of drug-likeness (QED) is 0.170. The molecule has 2 aromatic carbocycles. The number of nitrogens with zero attached hydrogens (tertiary/aromatic N) is 3. The number of methoxy groups -OCH3 is 1. The van der Waals surface area contributed by atoms with Crippen LogP contribution in [0.3, 0.4) is 0 Å². The van der Waals surface area contributed by atoms with Crippen LogP contribution < -0.4 is 15.8 Å². The van der Waals surface area contributed by atoms with Crippen molar-refractivity contribution in [2.75, 3.05) is 30.7 Å². The van der Waals surface area contributed by atoms with E-state index in [1.807, 2.05) is 18.6 Å². The van der Waals surface area contributed by atoms with Gasteiger partial charge in [0.2, 0.25) is 0 Å². The Morgan fingerprint density at radius 2 is 1.82 bits per heavy atom. The van der Waals surface area contributed by atoms with Crippen molar-refractivity contribution in [1.82, 2.24) is 20.1 Å². The smallest absolute Gasteiger partial charge is 0.264 e. The molecule has 0 unspecified atom stereocenters. The van der Waals surface area contributed by atoms with Crippen LogP contribution in [-0.2, 0) is 14.8 Å². The molecule has 0 bridgehead atoms. The number of sulfonamides is 1. The van der Waals surface area contributed by atoms with Gasteiger partial charge in [-0.3, -0.25) is 9.40 Å². The van der Waals surface area contributed by atoms with Crippen LogP contribution in [0.1, 0.15) is 57.1 Å². The minimum absolute atomic E-state index is 0.0179. The van der Waals surface area contributed by atoms with E-state index in [0.717, 1.165) is 56.0 Å². The summed E-state index contributed by atoms with van der Waals surface area (Å²) in [5.74, 6) is -2.90. The van der Waals surface area contributed by atoms with Gasteiger partial charge >= 0.3 is 0 Å². The number of aromatic nitrogens is 3. The van der Waals surface area contributed by atoms with Gasteiger partial charge in [-0.05, 0) is 75.3 Å². The van der Waals surface area contributed by atoms with Crippen molar-refractivity contribution in [2.45, 2.75) is 62.4 Å². The average Bonchev–Trinajstić information content (AvgIpc) is 3.37. The van der Waals surface area contributed by atoms with Crippen LogP contribution in [-0.4, -0.2) is 49.5 Å². The fraction of sp³-hybridized carbons (Fsp3) is 0.400. The van der Waals surface area contributed by atoms with Crippen LogP contribution in [0.4, 0.5) is 24.7 Å². The second-order valence-corrected chi connectivity index (χ2v) is 13.3. The molecule has 4 aromatic rings. The Balaban J connectivity index is 1.52. The van der Waals surface area contributed by atoms with Gasteiger partial charge in [-0.15, -0.1) is 0 Å². The van der Waals surface area contributed by atoms with Gasteiger partial charge in [-0.25, -0.2) is 26.6 Å². The van der Waals surface area contributed by atoms with E-state index in [9.17, 15) is 12.8 Å². The predicted octanol–water partition coefficient (Wildman–Crippen LogP) is 6.40. The molecule has 0 spiro atoms. The van der Waals surface area contributed by atoms with Crippen molar-refractivity contribution in [1.29, 1.82) is 0 Å². The van der Waals surface area contributed by atoms with E-state index in [4.69, 9.17) is 22.1 Å². The second-order valence-electron chi connectivity index (χ2n) is 11.2. The number of hydrogen-bond donors (Lipinski definition) is 3. The molecule has 1 fully saturated rings. The number of pyridine rings is 1. The molecule has 1 aliphatic rings. The molecular weight excluding hydrogens is 617 g/mol. The zero-order valence-corrected chi connectivity index (χ0v) is 26.1. The van der Waals surface area contributed by atoms with E-state index in [1.54, 1.807) is 18.0 Å². The second kappa shape index (κ2) is 12.9. The van der Waals surface area contributed by atoms with E-state index in [1.165, 1.54) is 6.07 Å². The lowest BCUT2D eigenvalue weighted by Gasteiger charge is -2.30. The molecule has 9 nitrogen and oxygen atoms in total. The Morgan fingerprint density at radius 3 is 2.48 bits per heavy atom. The van der Waals surface area contributed by atoms with Gasteiger partial charge in [0.1, 0.15) is 33.9 Å². The Hall–Kier alpha value is -3.39. The predicted molar refractivity (Wildman–Crippen MR) is 165 cm³/mol. The van der Waals surface area contributed by atoms with Crippen LogP contribution >= 0.6 is 11.6 Å². The van der Waals surface area contributed by atoms with Crippen molar-refractivity contribution in [3.8, 4) is 11.3 Å². The lowest BCUT2D eigenvalue weighted by Crippen LogP contribution is -2.34. The molecule has 0 atom stereocenters. The minimum Gasteiger partial charge on any atom is -0.383 e. The van der Waals surface area contributed by atoms with Gasteiger partial charge in [0.15, 0.2) is 0 Å². The maximum Gasteiger partial charge on any atom is 0.264 e. The Labute approximate surface area is 259 Å². The number of halogens is 4. The maximum absolute atomic E-state index is 15.7. The molecule has 0 aliphatic heterocycles. The van der Waals surface area contributed by atoms with Crippen LogP contribution in [0.15, 0.2) is 41.4 Å². The summed E-state index contributed by atoms with van der Waals surface area (Å²) in [7, 11) is -2.93. The molecule has 14 heteroatoms. The summed E-state index contributed by atoms with van der Waals surface area (Å²) in [4.78, 5) is 3.66. The molecule has 236 valence electrons. The minimum atomic E-state index is -4.61. The number of nitrogen functional groups attached to an aromatic ring is 1. The highest BCUT2D eigenvalue weighted by atomic mass is 35.5. The summed E-state index contributed by atoms with van der Waals surface area (Å²) in [6.45, 7) is 5.28. The standard InChI is InChI=1S/C30H34ClF3N6O3S/c1-16(2)40-29-21(17-4-7-19(8-5-17)36-10-11-43-3)15-37-30(35)27(29)28(38-40)20-13-23(33)25(14-22(20)32)39-44(41,42)26-9-6-18(31)12-24(26)34/h6,9,12-17,19,36,39H,4-5,7-8,10-11H2,1-3H3,(H2,35,37). The Kier molecular flexibility index (Phi) is 9.40. The Bertz CT molecular complexity index is 1790. The fourth-order valence-electron chi connectivity index (χ4n) is 5.75. The average molecular weight is 651 g/mol. The molecule has 2 aromatic heterocycles. The summed E-state index contributed by atoms with van der Waals surface area (Å²) >= 11 is 5.71. The van der Waals surface area contributed by atoms with E-state index in [-0.39, 0.29) is 34.1 Å². The molecule has 2 heterocycles. The molecule has 4 N–H and O–H groups in total. The number of ether oxygens (including phenoxy) is 1. The molecule has 0 amide bonds. The normalized spacial score (nSPS) is 17.5. The third-order valence-corrected chi connectivity index (χ3v) is 9.55. The molecule has 0 saturated heterocycles. The highest BCUT2D eigenvalue weighted by Crippen LogP contribution is 2.42. The van der Waals surface area contributed by atoms with Crippen molar-refractivity contribution in [3.63, 3.8) is 0 Å². The van der Waals surface area contributed by atoms with Gasteiger partial charge in [0, 0.05) is 48.6 Å². The van der Waals surface area contributed by atoms with Gasteiger partial charge in [0.25, 0.3) is 10.0 Å². The SMILES string of the molecule is COCCNC1CCC(c2cnc(N)c3c(-c4cc(F)c(NS(=O)(=O)c5ccc(Cl)cc5F)cc4F)nn(C(C)C)c23)CC1. The van der Waals surface area contributed by atoms with Crippen molar-refractivity contribution >= 4 is 44.0 Å². The highest BCUT2D eigenvalue weighted by molar-refractivity contribution is 7.92. The number of fused-ring (bicyclic) bond motifs is 1. The summed E-state index contributed by atoms with van der Waals surface area (Å²) < 4.78 is 79.8. The Morgan fingerprint density at radius 1 is 1.09 bits per heavy atom. The van der Waals surface area contributed by atoms with Gasteiger partial charge in [-0.1, -0.05) is 11.6 Å². The van der Waals surface area contributed by atoms with Crippen molar-refractivity contribution < 1.29 is 26.3 Å². The first-order valence-electron chi connectivity index (χ1n) is 14.3. The van der Waals surface area contributed by atoms with Gasteiger partial charge in [-0.2, -0.15) is 5.10 Å². The zero-order chi connectivity index (χ0) is 31.8. The molecule has 0 radical (unpaired) electrons. The molecule has 44 heavy (non-hydrogen) atoms. The van der Waals surface area contributed by atoms with Gasteiger partial charge in [0.05, 0.1) is 23.2 Å². The third-order valence-electron chi connectivity index (χ3n) is 7.92. The zero-order valence-electron chi connectivity index (χ0n) is 24.5. The van der Waals surface area contributed by atoms with Gasteiger partial charge < -0.3 is 15.8 Å². The van der Waals surface area contributed by atoms with Crippen LogP contribution in [0.2, 0.25) is 5.02 Å². The van der Waals surface area contributed by atoms with E-state index >= 15 is 8.78 Å². The lowest BCUT2D eigenvalue weighted by molar-refractivity contribution is 0.191. The molecule has 1 aliphatic carbocycles. The van der Waals surface area contributed by atoms with Crippen LogP contribution in [0.5, 0.6) is 0 Å². The molecule has 1 saturated carbocycles. The maximum atomic E-state index is 15.7. The lowest BCUT2D eigenvalue weighted by atomic mass is 9.81. The fourth-order valence-corrected chi connectivity index (χ4v) is 7.03. The number of anilines is 2. The summed E-state index contributed by atoms with van der Waals surface area (Å²) in [6.07, 6.45) is 5.46. The number of nitrogens with one attached hydrogen (secondary N) is 2. The largest absolute Gasteiger partial charge is 0.383 e. The van der Waals surface area contributed by atoms with Crippen LogP contribution in [0.25, 0.3) is 22.2 Å². The highest BCUT2D eigenvalue weighted by Gasteiger charge is 2.30. The first-order valence-corrected chi connectivity index (χ1v) is 16.1. The monoisotopic (exact) mass is 650 g/mol. The number of rotatable bonds is 10. The third kappa shape index (κ3) is 6.37. The van der Waals surface area contributed by atoms with Crippen molar-refractivity contribution in [2.24, 2.45) is 0 Å². The summed E-state index contributed by atoms with van der Waals surface area (Å²) in [5, 5.41) is 8.57. The topological polar surface area (TPSA) is 124 Å². The first kappa shape index (κ1) is 32.0. The number of hydrogen-bond acceptors (Lipinski definition) is 7. The first-order chi connectivity index (χ1) is 20.9. The number of nitrogens with two attached hydrogens (primary N) is 1. The molecule has 5 rings (SSSR count). The summed E-state index contributed by atoms with van der Waals surface area (Å²) in [5.41, 5.74) is 7.17. The van der Waals surface area contributed by atoms with E-state index in [0.29, 0.717) is 29.6 Å². The van der Waals surface area contributed by atoms with Crippen LogP contribution in [0, 0.1) is 17.5 Å². The van der Waals surface area contributed by atoms with Crippen molar-refractivity contribution in [3.05, 3.63) is 64.6 Å². The summed E-state index contributed by atoms with van der Waals surface area (Å²) in [6, 6.07) is 4.70. The molecular formula is C30H34ClF3N6O3S. The van der Waals surface area contributed by atoms with E-state index in [2.05, 4.69) is 15.4 Å². The number of benzene rings is 2.